The van der Waals surface area contributed by atoms with Crippen LogP contribution in [0.15, 0.2) is 24.4 Å². The Morgan fingerprint density at radius 2 is 1.75 bits per heavy atom. The molecular formula is C16H18N4O3S. The van der Waals surface area contributed by atoms with Gasteiger partial charge in [-0.15, -0.1) is 11.3 Å². The molecule has 1 aromatic heterocycles. The van der Waals surface area contributed by atoms with Crippen molar-refractivity contribution in [1.29, 1.82) is 0 Å². The number of hydrogen-bond donors (Lipinski definition) is 2. The molecule has 0 fully saturated rings. The van der Waals surface area contributed by atoms with Crippen LogP contribution >= 0.6 is 11.3 Å². The third-order valence-corrected chi connectivity index (χ3v) is 4.33. The Morgan fingerprint density at radius 1 is 1.12 bits per heavy atom. The molecule has 7 nitrogen and oxygen atoms in total. The Kier molecular flexibility index (Phi) is 5.30. The van der Waals surface area contributed by atoms with E-state index < -0.39 is 17.7 Å². The quantitative estimate of drug-likeness (QED) is 0.805. The average molecular weight is 346 g/mol. The first-order valence-corrected chi connectivity index (χ1v) is 7.99. The van der Waals surface area contributed by atoms with Gasteiger partial charge in [0, 0.05) is 5.56 Å². The second-order valence-corrected chi connectivity index (χ2v) is 6.47. The smallest absolute Gasteiger partial charge is 0.266 e. The molecule has 0 aliphatic carbocycles. The van der Waals surface area contributed by atoms with Gasteiger partial charge < -0.3 is 16.4 Å². The number of primary amides is 2. The number of hydrogen-bond acceptors (Lipinski definition) is 5. The van der Waals surface area contributed by atoms with Crippen LogP contribution in [0.1, 0.15) is 20.8 Å². The summed E-state index contributed by atoms with van der Waals surface area (Å²) in [6, 6.07) is 5.95. The molecule has 2 rings (SSSR count). The Hall–Kier alpha value is -2.74. The summed E-state index contributed by atoms with van der Waals surface area (Å²) in [6.45, 7) is 3.22. The van der Waals surface area contributed by atoms with Crippen molar-refractivity contribution in [3.05, 3.63) is 40.4 Å². The number of carbonyl (C=O) groups excluding carboxylic acids is 3. The Balaban J connectivity index is 2.28. The summed E-state index contributed by atoms with van der Waals surface area (Å²) in [6.07, 6.45) is 1.43. The van der Waals surface area contributed by atoms with Crippen molar-refractivity contribution in [2.75, 3.05) is 13.1 Å². The van der Waals surface area contributed by atoms with E-state index in [1.807, 2.05) is 32.0 Å². The molecule has 1 aromatic carbocycles. The molecule has 2 aromatic rings. The van der Waals surface area contributed by atoms with Crippen LogP contribution in [0.4, 0.5) is 0 Å². The van der Waals surface area contributed by atoms with Gasteiger partial charge in [0.25, 0.3) is 5.91 Å². The van der Waals surface area contributed by atoms with Gasteiger partial charge in [0.1, 0.15) is 23.0 Å². The van der Waals surface area contributed by atoms with Crippen molar-refractivity contribution in [1.82, 2.24) is 9.88 Å². The van der Waals surface area contributed by atoms with E-state index >= 15 is 0 Å². The zero-order valence-electron chi connectivity index (χ0n) is 13.4. The Bertz CT molecular complexity index is 784. The van der Waals surface area contributed by atoms with E-state index in [0.717, 1.165) is 21.6 Å². The molecule has 8 heteroatoms. The van der Waals surface area contributed by atoms with Gasteiger partial charge in [0.05, 0.1) is 6.20 Å². The van der Waals surface area contributed by atoms with E-state index in [2.05, 4.69) is 4.98 Å². The Morgan fingerprint density at radius 3 is 2.29 bits per heavy atom. The summed E-state index contributed by atoms with van der Waals surface area (Å²) in [5.74, 6) is -1.94. The van der Waals surface area contributed by atoms with Crippen LogP contribution in [0.5, 0.6) is 0 Å². The van der Waals surface area contributed by atoms with E-state index in [1.54, 1.807) is 0 Å². The topological polar surface area (TPSA) is 119 Å². The lowest BCUT2D eigenvalue weighted by atomic mass is 10.1. The highest BCUT2D eigenvalue weighted by atomic mass is 32.1. The third kappa shape index (κ3) is 4.17. The van der Waals surface area contributed by atoms with Gasteiger partial charge in [-0.1, -0.05) is 23.8 Å². The predicted octanol–water partition coefficient (Wildman–Crippen LogP) is 0.840. The lowest BCUT2D eigenvalue weighted by molar-refractivity contribution is -0.121. The minimum Gasteiger partial charge on any atom is -0.368 e. The summed E-state index contributed by atoms with van der Waals surface area (Å²) < 4.78 is 0. The van der Waals surface area contributed by atoms with Gasteiger partial charge in [0.2, 0.25) is 11.8 Å². The van der Waals surface area contributed by atoms with Crippen molar-refractivity contribution in [2.45, 2.75) is 13.8 Å². The average Bonchev–Trinajstić information content (AvgIpc) is 2.94. The molecule has 0 unspecified atom stereocenters. The molecule has 0 saturated carbocycles. The number of thiazole rings is 1. The van der Waals surface area contributed by atoms with Crippen LogP contribution < -0.4 is 11.5 Å². The molecule has 24 heavy (non-hydrogen) atoms. The first-order valence-electron chi connectivity index (χ1n) is 7.17. The first-order chi connectivity index (χ1) is 11.3. The SMILES string of the molecule is Cc1ccc(-c2ncc(C(=O)N(CC(N)=O)CC(N)=O)s2)c(C)c1. The molecule has 0 aliphatic heterocycles. The summed E-state index contributed by atoms with van der Waals surface area (Å²) in [5.41, 5.74) is 13.4. The summed E-state index contributed by atoms with van der Waals surface area (Å²) in [5, 5.41) is 0.689. The number of carbonyl (C=O) groups is 3. The van der Waals surface area contributed by atoms with Crippen molar-refractivity contribution in [3.63, 3.8) is 0 Å². The number of amides is 3. The monoisotopic (exact) mass is 346 g/mol. The summed E-state index contributed by atoms with van der Waals surface area (Å²) in [7, 11) is 0. The van der Waals surface area contributed by atoms with Crippen molar-refractivity contribution >= 4 is 29.1 Å². The summed E-state index contributed by atoms with van der Waals surface area (Å²) >= 11 is 1.19. The predicted molar refractivity (Wildman–Crippen MR) is 91.3 cm³/mol. The molecular weight excluding hydrogens is 328 g/mol. The van der Waals surface area contributed by atoms with E-state index in [1.165, 1.54) is 17.5 Å². The van der Waals surface area contributed by atoms with Gasteiger partial charge in [-0.25, -0.2) is 4.98 Å². The zero-order chi connectivity index (χ0) is 17.9. The van der Waals surface area contributed by atoms with Gasteiger partial charge in [-0.2, -0.15) is 0 Å². The number of benzene rings is 1. The van der Waals surface area contributed by atoms with E-state index in [-0.39, 0.29) is 13.1 Å². The molecule has 126 valence electrons. The fourth-order valence-electron chi connectivity index (χ4n) is 2.28. The van der Waals surface area contributed by atoms with Crippen molar-refractivity contribution < 1.29 is 14.4 Å². The number of rotatable bonds is 6. The zero-order valence-corrected chi connectivity index (χ0v) is 14.2. The van der Waals surface area contributed by atoms with Gasteiger partial charge in [-0.3, -0.25) is 14.4 Å². The number of nitrogens with two attached hydrogens (primary N) is 2. The molecule has 3 amide bonds. The largest absolute Gasteiger partial charge is 0.368 e. The first kappa shape index (κ1) is 17.6. The van der Waals surface area contributed by atoms with E-state index in [4.69, 9.17) is 11.5 Å². The second kappa shape index (κ2) is 7.22. The highest BCUT2D eigenvalue weighted by molar-refractivity contribution is 7.16. The second-order valence-electron chi connectivity index (χ2n) is 5.44. The Labute approximate surface area is 143 Å². The molecule has 4 N–H and O–H groups in total. The van der Waals surface area contributed by atoms with E-state index in [9.17, 15) is 14.4 Å². The maximum Gasteiger partial charge on any atom is 0.266 e. The van der Waals surface area contributed by atoms with Gasteiger partial charge in [0.15, 0.2) is 0 Å². The normalized spacial score (nSPS) is 10.4. The van der Waals surface area contributed by atoms with Crippen molar-refractivity contribution in [3.8, 4) is 10.6 Å². The van der Waals surface area contributed by atoms with Crippen molar-refractivity contribution in [2.24, 2.45) is 11.5 Å². The van der Waals surface area contributed by atoms with Crippen LogP contribution in [0.2, 0.25) is 0 Å². The minimum absolute atomic E-state index is 0.312. The number of aromatic nitrogens is 1. The fraction of sp³-hybridized carbons (Fsp3) is 0.250. The number of nitrogens with zero attached hydrogens (tertiary/aromatic N) is 2. The summed E-state index contributed by atoms with van der Waals surface area (Å²) in [4.78, 5) is 40.3. The molecule has 0 bridgehead atoms. The van der Waals surface area contributed by atoms with Gasteiger partial charge >= 0.3 is 0 Å². The fourth-order valence-corrected chi connectivity index (χ4v) is 3.26. The van der Waals surface area contributed by atoms with Crippen LogP contribution in [0.25, 0.3) is 10.6 Å². The van der Waals surface area contributed by atoms with E-state index in [0.29, 0.717) is 9.88 Å². The van der Waals surface area contributed by atoms with Crippen LogP contribution in [0, 0.1) is 13.8 Å². The highest BCUT2D eigenvalue weighted by Gasteiger charge is 2.22. The van der Waals surface area contributed by atoms with Crippen LogP contribution in [-0.2, 0) is 9.59 Å². The molecule has 1 heterocycles. The van der Waals surface area contributed by atoms with Crippen LogP contribution in [-0.4, -0.2) is 40.7 Å². The molecule has 0 atom stereocenters. The standard InChI is InChI=1S/C16H18N4O3S/c1-9-3-4-11(10(2)5-9)15-19-6-12(24-15)16(23)20(7-13(17)21)8-14(18)22/h3-6H,7-8H2,1-2H3,(H2,17,21)(H2,18,22). The molecule has 0 saturated heterocycles. The molecule has 0 spiro atoms. The lowest BCUT2D eigenvalue weighted by Crippen LogP contribution is -2.43. The maximum atomic E-state index is 12.5. The maximum absolute atomic E-state index is 12.5. The highest BCUT2D eigenvalue weighted by Crippen LogP contribution is 2.29. The van der Waals surface area contributed by atoms with Crippen LogP contribution in [0.3, 0.4) is 0 Å². The minimum atomic E-state index is -0.719. The van der Waals surface area contributed by atoms with Gasteiger partial charge in [-0.05, 0) is 19.4 Å². The lowest BCUT2D eigenvalue weighted by Gasteiger charge is -2.18. The molecule has 0 radical (unpaired) electrons. The molecule has 0 aliphatic rings. The third-order valence-electron chi connectivity index (χ3n) is 3.31. The number of aryl methyl sites for hydroxylation is 2.